The third-order valence-electron chi connectivity index (χ3n) is 7.17. The van der Waals surface area contributed by atoms with Gasteiger partial charge >= 0.3 is 6.03 Å². The Bertz CT molecular complexity index is 692. The van der Waals surface area contributed by atoms with E-state index in [1.165, 1.54) is 45.2 Å². The van der Waals surface area contributed by atoms with E-state index in [0.29, 0.717) is 18.6 Å². The Morgan fingerprint density at radius 1 is 1.12 bits per heavy atom. The summed E-state index contributed by atoms with van der Waals surface area (Å²) in [6, 6.07) is 8.69. The van der Waals surface area contributed by atoms with Gasteiger partial charge in [0.05, 0.1) is 13.2 Å². The van der Waals surface area contributed by atoms with Crippen LogP contribution in [0.4, 0.5) is 4.79 Å². The highest BCUT2D eigenvalue weighted by molar-refractivity contribution is 5.74. The number of nitrogens with zero attached hydrogens (tertiary/aromatic N) is 2. The first kappa shape index (κ1) is 24.8. The van der Waals surface area contributed by atoms with Gasteiger partial charge in [-0.3, -0.25) is 0 Å². The molecule has 2 aliphatic heterocycles. The van der Waals surface area contributed by atoms with E-state index in [2.05, 4.69) is 41.1 Å². The molecule has 32 heavy (non-hydrogen) atoms. The number of hydrogen-bond acceptors (Lipinski definition) is 4. The van der Waals surface area contributed by atoms with Gasteiger partial charge in [-0.25, -0.2) is 4.79 Å². The predicted octanol–water partition coefficient (Wildman–Crippen LogP) is 4.70. The van der Waals surface area contributed by atoms with Crippen molar-refractivity contribution in [3.63, 3.8) is 0 Å². The van der Waals surface area contributed by atoms with Gasteiger partial charge in [0.15, 0.2) is 0 Å². The van der Waals surface area contributed by atoms with Gasteiger partial charge in [-0.15, -0.1) is 0 Å². The van der Waals surface area contributed by atoms with E-state index >= 15 is 0 Å². The number of urea groups is 1. The van der Waals surface area contributed by atoms with Crippen molar-refractivity contribution in [3.8, 4) is 5.75 Å². The summed E-state index contributed by atoms with van der Waals surface area (Å²) < 4.78 is 10.6. The second-order valence-electron chi connectivity index (χ2n) is 9.74. The molecule has 0 radical (unpaired) electrons. The molecule has 3 atom stereocenters. The minimum Gasteiger partial charge on any atom is -0.497 e. The summed E-state index contributed by atoms with van der Waals surface area (Å²) in [5, 5.41) is 3.35. The molecule has 0 aromatic heterocycles. The number of benzene rings is 1. The normalized spacial score (nSPS) is 22.3. The molecule has 2 fully saturated rings. The molecule has 0 saturated carbocycles. The number of ether oxygens (including phenoxy) is 2. The van der Waals surface area contributed by atoms with Gasteiger partial charge in [-0.05, 0) is 74.7 Å². The van der Waals surface area contributed by atoms with E-state index in [1.807, 2.05) is 12.1 Å². The average molecular weight is 446 g/mol. The Morgan fingerprint density at radius 2 is 1.88 bits per heavy atom. The van der Waals surface area contributed by atoms with Crippen LogP contribution >= 0.6 is 0 Å². The van der Waals surface area contributed by atoms with E-state index in [-0.39, 0.29) is 18.0 Å². The standard InChI is InChI=1S/C26H43N3O3/c1-20(2)25(21-11-13-23(32-4)14-12-21)27-26(30)29(17-8-18-31-3)19-22-9-7-16-28-15-6-5-10-24(22)28/h11-14,20,22,24-25H,5-10,15-19H2,1-4H3,(H,27,30). The first-order chi connectivity index (χ1) is 15.5. The Hall–Kier alpha value is -1.79. The first-order valence-electron chi connectivity index (χ1n) is 12.5. The molecule has 1 aromatic rings. The van der Waals surface area contributed by atoms with E-state index in [4.69, 9.17) is 9.47 Å². The van der Waals surface area contributed by atoms with E-state index < -0.39 is 0 Å². The lowest BCUT2D eigenvalue weighted by molar-refractivity contribution is 0.0442. The van der Waals surface area contributed by atoms with Crippen molar-refractivity contribution in [2.24, 2.45) is 11.8 Å². The number of piperidine rings is 2. The maximum absolute atomic E-state index is 13.5. The van der Waals surface area contributed by atoms with Crippen LogP contribution in [-0.2, 0) is 4.74 Å². The highest BCUT2D eigenvalue weighted by Gasteiger charge is 2.35. The molecule has 2 heterocycles. The second-order valence-corrected chi connectivity index (χ2v) is 9.74. The Morgan fingerprint density at radius 3 is 2.56 bits per heavy atom. The number of hydrogen-bond donors (Lipinski definition) is 1. The molecule has 2 aliphatic rings. The van der Waals surface area contributed by atoms with Crippen LogP contribution in [0.25, 0.3) is 0 Å². The smallest absolute Gasteiger partial charge is 0.317 e. The summed E-state index contributed by atoms with van der Waals surface area (Å²) in [6.45, 7) is 9.02. The van der Waals surface area contributed by atoms with Crippen LogP contribution in [-0.4, -0.2) is 68.9 Å². The Balaban J connectivity index is 1.70. The summed E-state index contributed by atoms with van der Waals surface area (Å²) in [5.74, 6) is 1.69. The fourth-order valence-corrected chi connectivity index (χ4v) is 5.42. The molecule has 1 aromatic carbocycles. The molecular formula is C26H43N3O3. The minimum atomic E-state index is -0.0316. The van der Waals surface area contributed by atoms with Gasteiger partial charge < -0.3 is 24.6 Å². The first-order valence-corrected chi connectivity index (χ1v) is 12.5. The van der Waals surface area contributed by atoms with E-state index in [9.17, 15) is 4.79 Å². The van der Waals surface area contributed by atoms with Gasteiger partial charge in [-0.2, -0.15) is 0 Å². The maximum Gasteiger partial charge on any atom is 0.317 e. The fraction of sp³-hybridized carbons (Fsp3) is 0.731. The third kappa shape index (κ3) is 6.61. The van der Waals surface area contributed by atoms with Crippen LogP contribution in [0.15, 0.2) is 24.3 Å². The third-order valence-corrected chi connectivity index (χ3v) is 7.17. The molecule has 0 bridgehead atoms. The van der Waals surface area contributed by atoms with Crippen molar-refractivity contribution >= 4 is 6.03 Å². The molecule has 3 unspecified atom stereocenters. The summed E-state index contributed by atoms with van der Waals surface area (Å²) in [4.78, 5) is 18.3. The molecule has 6 nitrogen and oxygen atoms in total. The zero-order valence-corrected chi connectivity index (χ0v) is 20.5. The van der Waals surface area contributed by atoms with Crippen LogP contribution in [0.3, 0.4) is 0 Å². The average Bonchev–Trinajstić information content (AvgIpc) is 2.82. The molecule has 0 spiro atoms. The predicted molar refractivity (Wildman–Crippen MR) is 129 cm³/mol. The van der Waals surface area contributed by atoms with E-state index in [1.54, 1.807) is 14.2 Å². The number of carbonyl (C=O) groups is 1. The van der Waals surface area contributed by atoms with Crippen molar-refractivity contribution in [3.05, 3.63) is 29.8 Å². The molecular weight excluding hydrogens is 402 g/mol. The Kier molecular flexibility index (Phi) is 9.67. The lowest BCUT2D eigenvalue weighted by Crippen LogP contribution is -2.53. The zero-order valence-electron chi connectivity index (χ0n) is 20.5. The molecule has 2 saturated heterocycles. The molecule has 180 valence electrons. The van der Waals surface area contributed by atoms with Crippen molar-refractivity contribution in [2.75, 3.05) is 47.0 Å². The summed E-state index contributed by atoms with van der Waals surface area (Å²) in [5.41, 5.74) is 1.11. The van der Waals surface area contributed by atoms with Gasteiger partial charge in [0.25, 0.3) is 0 Å². The van der Waals surface area contributed by atoms with Crippen LogP contribution < -0.4 is 10.1 Å². The van der Waals surface area contributed by atoms with Crippen molar-refractivity contribution < 1.29 is 14.3 Å². The molecule has 3 rings (SSSR count). The van der Waals surface area contributed by atoms with Crippen LogP contribution in [0.2, 0.25) is 0 Å². The van der Waals surface area contributed by atoms with Crippen LogP contribution in [0.5, 0.6) is 5.75 Å². The van der Waals surface area contributed by atoms with Crippen LogP contribution in [0, 0.1) is 11.8 Å². The topological polar surface area (TPSA) is 54.0 Å². The lowest BCUT2D eigenvalue weighted by Gasteiger charge is -2.45. The lowest BCUT2D eigenvalue weighted by atomic mass is 9.83. The quantitative estimate of drug-likeness (QED) is 0.530. The summed E-state index contributed by atoms with van der Waals surface area (Å²) >= 11 is 0. The largest absolute Gasteiger partial charge is 0.497 e. The number of rotatable bonds is 10. The highest BCUT2D eigenvalue weighted by Crippen LogP contribution is 2.32. The van der Waals surface area contributed by atoms with Crippen molar-refractivity contribution in [1.29, 1.82) is 0 Å². The number of carbonyl (C=O) groups excluding carboxylic acids is 1. The Labute approximate surface area is 194 Å². The fourth-order valence-electron chi connectivity index (χ4n) is 5.42. The number of fused-ring (bicyclic) bond motifs is 1. The summed E-state index contributed by atoms with van der Waals surface area (Å²) in [7, 11) is 3.40. The zero-order chi connectivity index (χ0) is 22.9. The van der Waals surface area contributed by atoms with Gasteiger partial charge in [0.1, 0.15) is 5.75 Å². The minimum absolute atomic E-state index is 0.0316. The monoisotopic (exact) mass is 445 g/mol. The second kappa shape index (κ2) is 12.4. The molecule has 0 aliphatic carbocycles. The molecule has 6 heteroatoms. The SMILES string of the molecule is COCCCN(CC1CCCN2CCCCC12)C(=O)NC(c1ccc(OC)cc1)C(C)C. The van der Waals surface area contributed by atoms with Crippen molar-refractivity contribution in [2.45, 2.75) is 64.5 Å². The number of amides is 2. The molecule has 2 amide bonds. The number of methoxy groups -OCH3 is 2. The van der Waals surface area contributed by atoms with E-state index in [0.717, 1.165) is 30.8 Å². The van der Waals surface area contributed by atoms with Gasteiger partial charge in [0, 0.05) is 32.8 Å². The molecule has 1 N–H and O–H groups in total. The van der Waals surface area contributed by atoms with Crippen LogP contribution in [0.1, 0.15) is 64.0 Å². The van der Waals surface area contributed by atoms with Crippen molar-refractivity contribution in [1.82, 2.24) is 15.1 Å². The highest BCUT2D eigenvalue weighted by atomic mass is 16.5. The van der Waals surface area contributed by atoms with Gasteiger partial charge in [-0.1, -0.05) is 32.4 Å². The summed E-state index contributed by atoms with van der Waals surface area (Å²) in [6.07, 6.45) is 7.24. The number of nitrogens with one attached hydrogen (secondary N) is 1. The maximum atomic E-state index is 13.5. The van der Waals surface area contributed by atoms with Gasteiger partial charge in [0.2, 0.25) is 0 Å².